The fourth-order valence-corrected chi connectivity index (χ4v) is 1.94. The molecule has 0 aromatic carbocycles. The Morgan fingerprint density at radius 3 is 2.20 bits per heavy atom. The van der Waals surface area contributed by atoms with Crippen LogP contribution in [-0.2, 0) is 0 Å². The van der Waals surface area contributed by atoms with Crippen molar-refractivity contribution in [3.63, 3.8) is 0 Å². The molecule has 2 saturated carbocycles. The van der Waals surface area contributed by atoms with Gasteiger partial charge in [0.1, 0.15) is 0 Å². The molecule has 2 aliphatic carbocycles. The fraction of sp³-hybridized carbons (Fsp3) is 1.00. The Bertz CT molecular complexity index is 118. The van der Waals surface area contributed by atoms with Crippen molar-refractivity contribution < 1.29 is 0 Å². The molecule has 0 saturated heterocycles. The summed E-state index contributed by atoms with van der Waals surface area (Å²) in [6, 6.07) is 1.79. The Labute approximate surface area is 63.2 Å². The van der Waals surface area contributed by atoms with Crippen LogP contribution in [0.4, 0.5) is 0 Å². The third-order valence-electron chi connectivity index (χ3n) is 2.74. The molecule has 0 heterocycles. The van der Waals surface area contributed by atoms with Crippen LogP contribution in [0.3, 0.4) is 0 Å². The van der Waals surface area contributed by atoms with E-state index in [2.05, 4.69) is 12.2 Å². The van der Waals surface area contributed by atoms with Gasteiger partial charge in [0, 0.05) is 12.1 Å². The van der Waals surface area contributed by atoms with Crippen LogP contribution in [0.5, 0.6) is 0 Å². The average Bonchev–Trinajstić information content (AvgIpc) is 2.59. The zero-order valence-corrected chi connectivity index (χ0v) is 6.77. The van der Waals surface area contributed by atoms with Crippen LogP contribution in [0.2, 0.25) is 0 Å². The van der Waals surface area contributed by atoms with E-state index in [0.29, 0.717) is 0 Å². The molecule has 2 rings (SSSR count). The first-order chi connectivity index (χ1) is 4.84. The molecule has 1 nitrogen and oxygen atoms in total. The Balaban J connectivity index is 1.72. The van der Waals surface area contributed by atoms with Crippen molar-refractivity contribution in [3.8, 4) is 0 Å². The lowest BCUT2D eigenvalue weighted by Crippen LogP contribution is -2.28. The van der Waals surface area contributed by atoms with E-state index in [4.69, 9.17) is 0 Å². The number of nitrogens with one attached hydrogen (secondary N) is 1. The monoisotopic (exact) mass is 139 g/mol. The molecule has 0 unspecified atom stereocenters. The third-order valence-corrected chi connectivity index (χ3v) is 2.74. The lowest BCUT2D eigenvalue weighted by Gasteiger charge is -2.10. The van der Waals surface area contributed by atoms with Crippen molar-refractivity contribution in [1.29, 1.82) is 0 Å². The average molecular weight is 139 g/mol. The summed E-state index contributed by atoms with van der Waals surface area (Å²) in [6.07, 6.45) is 7.17. The molecule has 0 aromatic heterocycles. The topological polar surface area (TPSA) is 12.0 Å². The fourth-order valence-electron chi connectivity index (χ4n) is 1.94. The van der Waals surface area contributed by atoms with Gasteiger partial charge in [0.2, 0.25) is 0 Å². The van der Waals surface area contributed by atoms with E-state index in [-0.39, 0.29) is 0 Å². The number of hydrogen-bond acceptors (Lipinski definition) is 1. The zero-order valence-electron chi connectivity index (χ0n) is 6.77. The largest absolute Gasteiger partial charge is 0.311 e. The van der Waals surface area contributed by atoms with Gasteiger partial charge >= 0.3 is 0 Å². The van der Waals surface area contributed by atoms with E-state index in [0.717, 1.165) is 18.0 Å². The molecule has 1 heteroatoms. The highest BCUT2D eigenvalue weighted by molar-refractivity contribution is 4.88. The van der Waals surface area contributed by atoms with Gasteiger partial charge in [-0.2, -0.15) is 0 Å². The smallest absolute Gasteiger partial charge is 0.00722 e. The summed E-state index contributed by atoms with van der Waals surface area (Å²) < 4.78 is 0. The van der Waals surface area contributed by atoms with Crippen LogP contribution in [0.1, 0.15) is 39.0 Å². The van der Waals surface area contributed by atoms with Crippen molar-refractivity contribution in [2.75, 3.05) is 0 Å². The van der Waals surface area contributed by atoms with Gasteiger partial charge in [0.15, 0.2) is 0 Å². The van der Waals surface area contributed by atoms with E-state index in [1.54, 1.807) is 0 Å². The van der Waals surface area contributed by atoms with Crippen LogP contribution in [-0.4, -0.2) is 12.1 Å². The van der Waals surface area contributed by atoms with Gasteiger partial charge in [-0.3, -0.25) is 0 Å². The van der Waals surface area contributed by atoms with Crippen LogP contribution in [0.15, 0.2) is 0 Å². The Kier molecular flexibility index (Phi) is 1.69. The lowest BCUT2D eigenvalue weighted by atomic mass is 10.1. The normalized spacial score (nSPS) is 40.5. The number of rotatable bonds is 2. The van der Waals surface area contributed by atoms with E-state index in [1.165, 1.54) is 32.1 Å². The second kappa shape index (κ2) is 2.54. The minimum atomic E-state index is 0.877. The molecular formula is C9H17N. The Morgan fingerprint density at radius 2 is 1.70 bits per heavy atom. The van der Waals surface area contributed by atoms with Gasteiger partial charge in [0.25, 0.3) is 0 Å². The highest BCUT2D eigenvalue weighted by atomic mass is 15.0. The summed E-state index contributed by atoms with van der Waals surface area (Å²) in [5.74, 6) is 0.983. The molecule has 1 N–H and O–H groups in total. The van der Waals surface area contributed by atoms with Gasteiger partial charge in [0.05, 0.1) is 0 Å². The van der Waals surface area contributed by atoms with E-state index >= 15 is 0 Å². The molecule has 2 aliphatic rings. The maximum absolute atomic E-state index is 3.68. The molecule has 0 radical (unpaired) electrons. The molecular weight excluding hydrogens is 122 g/mol. The van der Waals surface area contributed by atoms with Crippen LogP contribution in [0, 0.1) is 5.92 Å². The lowest BCUT2D eigenvalue weighted by molar-refractivity contribution is 0.500. The Hall–Kier alpha value is -0.0400. The van der Waals surface area contributed by atoms with Crippen LogP contribution < -0.4 is 5.32 Å². The summed E-state index contributed by atoms with van der Waals surface area (Å²) in [6.45, 7) is 2.37. The first-order valence-corrected chi connectivity index (χ1v) is 4.60. The maximum Gasteiger partial charge on any atom is 0.00722 e. The predicted molar refractivity (Wildman–Crippen MR) is 43.0 cm³/mol. The van der Waals surface area contributed by atoms with Crippen LogP contribution in [0.25, 0.3) is 0 Å². The predicted octanol–water partition coefficient (Wildman–Crippen LogP) is 1.93. The highest BCUT2D eigenvalue weighted by Crippen LogP contribution is 2.28. The van der Waals surface area contributed by atoms with Gasteiger partial charge in [-0.25, -0.2) is 0 Å². The summed E-state index contributed by atoms with van der Waals surface area (Å²) >= 11 is 0. The zero-order chi connectivity index (χ0) is 6.97. The SMILES string of the molecule is C[C@H]1CC[C@H](NC2CC2)C1. The molecule has 0 bridgehead atoms. The summed E-state index contributed by atoms with van der Waals surface area (Å²) in [7, 11) is 0. The van der Waals surface area contributed by atoms with Crippen molar-refractivity contribution in [2.24, 2.45) is 5.92 Å². The van der Waals surface area contributed by atoms with Crippen LogP contribution >= 0.6 is 0 Å². The maximum atomic E-state index is 3.68. The quantitative estimate of drug-likeness (QED) is 0.616. The van der Waals surface area contributed by atoms with Crippen molar-refractivity contribution >= 4 is 0 Å². The minimum absolute atomic E-state index is 0.877. The summed E-state index contributed by atoms with van der Waals surface area (Å²) in [5.41, 5.74) is 0. The molecule has 0 aromatic rings. The minimum Gasteiger partial charge on any atom is -0.311 e. The highest BCUT2D eigenvalue weighted by Gasteiger charge is 2.28. The van der Waals surface area contributed by atoms with Crippen molar-refractivity contribution in [2.45, 2.75) is 51.1 Å². The first kappa shape index (κ1) is 6.66. The van der Waals surface area contributed by atoms with Crippen molar-refractivity contribution in [1.82, 2.24) is 5.32 Å². The molecule has 0 aliphatic heterocycles. The second-order valence-corrected chi connectivity index (χ2v) is 4.06. The van der Waals surface area contributed by atoms with E-state index in [1.807, 2.05) is 0 Å². The standard InChI is InChI=1S/C9H17N/c1-7-2-3-9(6-7)10-8-4-5-8/h7-10H,2-6H2,1H3/t7-,9-/m0/s1. The molecule has 10 heavy (non-hydrogen) atoms. The molecule has 0 amide bonds. The van der Waals surface area contributed by atoms with E-state index in [9.17, 15) is 0 Å². The van der Waals surface area contributed by atoms with Crippen molar-refractivity contribution in [3.05, 3.63) is 0 Å². The summed E-state index contributed by atoms with van der Waals surface area (Å²) in [5, 5.41) is 3.68. The van der Waals surface area contributed by atoms with Gasteiger partial charge in [-0.05, 0) is 38.0 Å². The number of hydrogen-bond donors (Lipinski definition) is 1. The summed E-state index contributed by atoms with van der Waals surface area (Å²) in [4.78, 5) is 0. The van der Waals surface area contributed by atoms with Gasteiger partial charge in [-0.1, -0.05) is 6.92 Å². The van der Waals surface area contributed by atoms with E-state index < -0.39 is 0 Å². The van der Waals surface area contributed by atoms with Gasteiger partial charge < -0.3 is 5.32 Å². The third kappa shape index (κ3) is 1.51. The molecule has 2 fully saturated rings. The Morgan fingerprint density at radius 1 is 1.00 bits per heavy atom. The molecule has 0 spiro atoms. The molecule has 58 valence electrons. The van der Waals surface area contributed by atoms with Gasteiger partial charge in [-0.15, -0.1) is 0 Å². The second-order valence-electron chi connectivity index (χ2n) is 4.06. The molecule has 2 atom stereocenters. The first-order valence-electron chi connectivity index (χ1n) is 4.60.